The Labute approximate surface area is 114 Å². The molecule has 0 aliphatic carbocycles. The van der Waals surface area contributed by atoms with E-state index in [-0.39, 0.29) is 11.3 Å². The molecule has 4 rings (SSSR count). The molecule has 0 atom stereocenters. The maximum atomic E-state index is 12.5. The second-order valence-corrected chi connectivity index (χ2v) is 5.00. The summed E-state index contributed by atoms with van der Waals surface area (Å²) >= 11 is 0. The molecule has 2 aromatic carbocycles. The number of aryl methyl sites for hydroxylation is 1. The van der Waals surface area contributed by atoms with Crippen LogP contribution in [0.4, 0.5) is 0 Å². The van der Waals surface area contributed by atoms with Gasteiger partial charge in [-0.2, -0.15) is 0 Å². The lowest BCUT2D eigenvalue weighted by Crippen LogP contribution is -2.27. The van der Waals surface area contributed by atoms with Crippen molar-refractivity contribution in [2.45, 2.75) is 13.0 Å². The fraction of sp³-hybridized carbons (Fsp3) is 0.125. The Bertz CT molecular complexity index is 897. The standard InChI is InChI=1S/C16H12N2O2/c19-11-5-6-14-13(9-11)16(20)18-8-7-10-3-1-2-4-12(10)15(18)17-14/h1-6,9,19H,7-8H2. The summed E-state index contributed by atoms with van der Waals surface area (Å²) < 4.78 is 1.70. The number of fused-ring (bicyclic) bond motifs is 4. The van der Waals surface area contributed by atoms with Crippen LogP contribution in [0.2, 0.25) is 0 Å². The van der Waals surface area contributed by atoms with Gasteiger partial charge in [-0.1, -0.05) is 24.3 Å². The van der Waals surface area contributed by atoms with Crippen molar-refractivity contribution in [3.63, 3.8) is 0 Å². The minimum Gasteiger partial charge on any atom is -0.508 e. The third kappa shape index (κ3) is 1.48. The van der Waals surface area contributed by atoms with Gasteiger partial charge in [-0.15, -0.1) is 0 Å². The maximum Gasteiger partial charge on any atom is 0.261 e. The van der Waals surface area contributed by atoms with Crippen molar-refractivity contribution in [1.82, 2.24) is 9.55 Å². The van der Waals surface area contributed by atoms with E-state index in [0.717, 1.165) is 17.8 Å². The lowest BCUT2D eigenvalue weighted by molar-refractivity contribution is 0.476. The molecule has 0 saturated carbocycles. The topological polar surface area (TPSA) is 55.1 Å². The Balaban J connectivity index is 2.12. The Kier molecular flexibility index (Phi) is 2.21. The molecule has 4 nitrogen and oxygen atoms in total. The minimum atomic E-state index is -0.0876. The number of aromatic hydroxyl groups is 1. The van der Waals surface area contributed by atoms with Gasteiger partial charge in [-0.3, -0.25) is 9.36 Å². The summed E-state index contributed by atoms with van der Waals surface area (Å²) in [5.74, 6) is 0.809. The zero-order valence-corrected chi connectivity index (χ0v) is 10.7. The molecule has 0 spiro atoms. The van der Waals surface area contributed by atoms with Gasteiger partial charge in [0.25, 0.3) is 5.56 Å². The molecule has 98 valence electrons. The second kappa shape index (κ2) is 3.93. The van der Waals surface area contributed by atoms with Crippen molar-refractivity contribution in [2.75, 3.05) is 0 Å². The van der Waals surface area contributed by atoms with E-state index in [2.05, 4.69) is 11.1 Å². The van der Waals surface area contributed by atoms with Crippen LogP contribution in [-0.4, -0.2) is 14.7 Å². The summed E-state index contributed by atoms with van der Waals surface area (Å²) in [4.78, 5) is 17.2. The first-order valence-corrected chi connectivity index (χ1v) is 6.56. The Morgan fingerprint density at radius 2 is 2.00 bits per heavy atom. The van der Waals surface area contributed by atoms with Gasteiger partial charge in [0.15, 0.2) is 0 Å². The average molecular weight is 264 g/mol. The van der Waals surface area contributed by atoms with E-state index in [1.165, 1.54) is 11.6 Å². The highest BCUT2D eigenvalue weighted by atomic mass is 16.3. The zero-order chi connectivity index (χ0) is 13.7. The Morgan fingerprint density at radius 3 is 2.90 bits per heavy atom. The summed E-state index contributed by atoms with van der Waals surface area (Å²) in [5.41, 5.74) is 2.77. The Morgan fingerprint density at radius 1 is 1.15 bits per heavy atom. The summed E-state index contributed by atoms with van der Waals surface area (Å²) in [5, 5.41) is 10.0. The fourth-order valence-corrected chi connectivity index (χ4v) is 2.81. The van der Waals surface area contributed by atoms with Gasteiger partial charge in [0.05, 0.1) is 10.9 Å². The smallest absolute Gasteiger partial charge is 0.261 e. The normalized spacial score (nSPS) is 13.0. The number of hydrogen-bond donors (Lipinski definition) is 1. The highest BCUT2D eigenvalue weighted by molar-refractivity contribution is 5.81. The van der Waals surface area contributed by atoms with Gasteiger partial charge in [0, 0.05) is 12.1 Å². The number of aromatic nitrogens is 2. The minimum absolute atomic E-state index is 0.0876. The average Bonchev–Trinajstić information content (AvgIpc) is 2.48. The van der Waals surface area contributed by atoms with E-state index in [1.807, 2.05) is 18.2 Å². The molecule has 0 amide bonds. The molecule has 0 fully saturated rings. The van der Waals surface area contributed by atoms with Crippen LogP contribution in [0.25, 0.3) is 22.3 Å². The summed E-state index contributed by atoms with van der Waals surface area (Å²) in [6.07, 6.45) is 0.828. The van der Waals surface area contributed by atoms with Crippen LogP contribution < -0.4 is 5.56 Å². The number of phenolic OH excluding ortho intramolecular Hbond substituents is 1. The van der Waals surface area contributed by atoms with Gasteiger partial charge < -0.3 is 5.11 Å². The van der Waals surface area contributed by atoms with Crippen LogP contribution in [-0.2, 0) is 13.0 Å². The van der Waals surface area contributed by atoms with Crippen molar-refractivity contribution >= 4 is 10.9 Å². The summed E-state index contributed by atoms with van der Waals surface area (Å²) in [6.45, 7) is 0.629. The highest BCUT2D eigenvalue weighted by Crippen LogP contribution is 2.28. The molecule has 3 aromatic rings. The lowest BCUT2D eigenvalue weighted by atomic mass is 10.00. The van der Waals surface area contributed by atoms with Gasteiger partial charge in [-0.05, 0) is 30.2 Å². The third-order valence-electron chi connectivity index (χ3n) is 3.80. The maximum absolute atomic E-state index is 12.5. The SMILES string of the molecule is O=c1c2cc(O)ccc2nc2n1CCc1ccccc1-2. The third-order valence-corrected chi connectivity index (χ3v) is 3.80. The van der Waals surface area contributed by atoms with Gasteiger partial charge in [0.1, 0.15) is 11.6 Å². The van der Waals surface area contributed by atoms with E-state index >= 15 is 0 Å². The number of benzene rings is 2. The van der Waals surface area contributed by atoms with E-state index in [1.54, 1.807) is 16.7 Å². The molecule has 0 saturated heterocycles. The van der Waals surface area contributed by atoms with Crippen molar-refractivity contribution in [2.24, 2.45) is 0 Å². The molecule has 1 aliphatic heterocycles. The number of phenols is 1. The molecule has 0 unspecified atom stereocenters. The highest BCUT2D eigenvalue weighted by Gasteiger charge is 2.19. The molecule has 20 heavy (non-hydrogen) atoms. The molecule has 4 heteroatoms. The van der Waals surface area contributed by atoms with Crippen molar-refractivity contribution in [3.8, 4) is 17.1 Å². The first kappa shape index (κ1) is 11.2. The Hall–Kier alpha value is -2.62. The van der Waals surface area contributed by atoms with Crippen LogP contribution in [0, 0.1) is 0 Å². The van der Waals surface area contributed by atoms with Crippen molar-refractivity contribution in [1.29, 1.82) is 0 Å². The predicted octanol–water partition coefficient (Wildman–Crippen LogP) is 2.33. The van der Waals surface area contributed by atoms with Gasteiger partial charge in [0.2, 0.25) is 0 Å². The quantitative estimate of drug-likeness (QED) is 0.678. The van der Waals surface area contributed by atoms with E-state index in [0.29, 0.717) is 17.4 Å². The molecule has 1 aliphatic rings. The lowest BCUT2D eigenvalue weighted by Gasteiger charge is -2.21. The summed E-state index contributed by atoms with van der Waals surface area (Å²) in [7, 11) is 0. The molecular weight excluding hydrogens is 252 g/mol. The van der Waals surface area contributed by atoms with Crippen LogP contribution >= 0.6 is 0 Å². The van der Waals surface area contributed by atoms with Crippen LogP contribution in [0.5, 0.6) is 5.75 Å². The predicted molar refractivity (Wildman–Crippen MR) is 76.8 cm³/mol. The second-order valence-electron chi connectivity index (χ2n) is 5.00. The van der Waals surface area contributed by atoms with Crippen molar-refractivity contribution < 1.29 is 5.11 Å². The van der Waals surface area contributed by atoms with E-state index in [9.17, 15) is 9.90 Å². The van der Waals surface area contributed by atoms with Gasteiger partial charge in [-0.25, -0.2) is 4.98 Å². The number of hydrogen-bond acceptors (Lipinski definition) is 3. The van der Waals surface area contributed by atoms with Crippen LogP contribution in [0.15, 0.2) is 47.3 Å². The van der Waals surface area contributed by atoms with Crippen LogP contribution in [0.3, 0.4) is 0 Å². The molecule has 2 heterocycles. The first-order valence-electron chi connectivity index (χ1n) is 6.56. The molecule has 0 bridgehead atoms. The fourth-order valence-electron chi connectivity index (χ4n) is 2.81. The molecule has 1 N–H and O–H groups in total. The first-order chi connectivity index (χ1) is 9.74. The monoisotopic (exact) mass is 264 g/mol. The molecular formula is C16H12N2O2. The zero-order valence-electron chi connectivity index (χ0n) is 10.7. The van der Waals surface area contributed by atoms with E-state index < -0.39 is 0 Å². The number of rotatable bonds is 0. The molecule has 0 radical (unpaired) electrons. The summed E-state index contributed by atoms with van der Waals surface area (Å²) in [6, 6.07) is 12.8. The van der Waals surface area contributed by atoms with Crippen LogP contribution in [0.1, 0.15) is 5.56 Å². The molecule has 1 aromatic heterocycles. The van der Waals surface area contributed by atoms with Gasteiger partial charge >= 0.3 is 0 Å². The van der Waals surface area contributed by atoms with E-state index in [4.69, 9.17) is 0 Å². The largest absolute Gasteiger partial charge is 0.508 e. The van der Waals surface area contributed by atoms with Crippen molar-refractivity contribution in [3.05, 3.63) is 58.4 Å². The number of nitrogens with zero attached hydrogens (tertiary/aromatic N) is 2.